The minimum absolute atomic E-state index is 0.0185. The second kappa shape index (κ2) is 6.29. The topological polar surface area (TPSA) is 81.4 Å². The first-order chi connectivity index (χ1) is 9.83. The van der Waals surface area contributed by atoms with Gasteiger partial charge in [-0.3, -0.25) is 4.72 Å². The lowest BCUT2D eigenvalue weighted by atomic mass is 10.3. The molecule has 0 saturated carbocycles. The normalized spacial score (nSPS) is 11.2. The Bertz CT molecular complexity index is 781. The molecular weight excluding hydrogens is 427 g/mol. The molecule has 0 aliphatic rings. The Balaban J connectivity index is 2.43. The quantitative estimate of drug-likeness (QED) is 0.567. The van der Waals surface area contributed by atoms with Gasteiger partial charge < -0.3 is 10.5 Å². The third-order valence-electron chi connectivity index (χ3n) is 2.65. The maximum Gasteiger partial charge on any atom is 0.265 e. The summed E-state index contributed by atoms with van der Waals surface area (Å²) in [5.74, 6) is 0.187. The maximum absolute atomic E-state index is 12.5. The van der Waals surface area contributed by atoms with Gasteiger partial charge in [0.1, 0.15) is 10.6 Å². The Kier molecular flexibility index (Phi) is 4.84. The minimum atomic E-state index is -3.79. The average molecular weight is 439 g/mol. The highest BCUT2D eigenvalue weighted by Gasteiger charge is 2.20. The van der Waals surface area contributed by atoms with Crippen molar-refractivity contribution in [1.29, 1.82) is 0 Å². The van der Waals surface area contributed by atoms with Gasteiger partial charge in [-0.15, -0.1) is 0 Å². The highest BCUT2D eigenvalue weighted by molar-refractivity contribution is 14.1. The molecule has 0 atom stereocenters. The summed E-state index contributed by atoms with van der Waals surface area (Å²) in [6, 6.07) is 9.25. The van der Waals surface area contributed by atoms with Crippen molar-refractivity contribution < 1.29 is 13.2 Å². The van der Waals surface area contributed by atoms with Crippen LogP contribution in [0.3, 0.4) is 0 Å². The molecule has 112 valence electrons. The van der Waals surface area contributed by atoms with Crippen molar-refractivity contribution in [1.82, 2.24) is 0 Å². The van der Waals surface area contributed by atoms with Crippen LogP contribution in [0.4, 0.5) is 11.4 Å². The fourth-order valence-electron chi connectivity index (χ4n) is 1.68. The number of anilines is 2. The molecule has 0 radical (unpaired) electrons. The van der Waals surface area contributed by atoms with Crippen LogP contribution in [0.15, 0.2) is 41.3 Å². The summed E-state index contributed by atoms with van der Waals surface area (Å²) in [6.45, 7) is 0. The molecule has 0 aliphatic heterocycles. The summed E-state index contributed by atoms with van der Waals surface area (Å²) in [5, 5.41) is 0.535. The second-order valence-electron chi connectivity index (χ2n) is 4.14. The summed E-state index contributed by atoms with van der Waals surface area (Å²) in [5.41, 5.74) is 6.50. The Morgan fingerprint density at radius 2 is 1.95 bits per heavy atom. The molecule has 5 nitrogen and oxygen atoms in total. The van der Waals surface area contributed by atoms with E-state index in [1.165, 1.54) is 25.3 Å². The van der Waals surface area contributed by atoms with E-state index in [2.05, 4.69) is 4.72 Å². The number of rotatable bonds is 4. The molecule has 8 heteroatoms. The maximum atomic E-state index is 12.5. The smallest absolute Gasteiger partial charge is 0.265 e. The fraction of sp³-hybridized carbons (Fsp3) is 0.0769. The number of halogens is 2. The average Bonchev–Trinajstić information content (AvgIpc) is 2.41. The monoisotopic (exact) mass is 438 g/mol. The summed E-state index contributed by atoms with van der Waals surface area (Å²) in [6.07, 6.45) is 0. The summed E-state index contributed by atoms with van der Waals surface area (Å²) >= 11 is 7.86. The van der Waals surface area contributed by atoms with E-state index in [9.17, 15) is 8.42 Å². The molecule has 21 heavy (non-hydrogen) atoms. The molecule has 0 heterocycles. The van der Waals surface area contributed by atoms with Crippen LogP contribution in [0.2, 0.25) is 5.02 Å². The van der Waals surface area contributed by atoms with Crippen molar-refractivity contribution in [2.45, 2.75) is 4.90 Å². The lowest BCUT2D eigenvalue weighted by Gasteiger charge is -2.13. The molecular formula is C13H12ClIN2O3S. The molecule has 0 saturated heterocycles. The Morgan fingerprint density at radius 1 is 1.24 bits per heavy atom. The number of hydrogen-bond acceptors (Lipinski definition) is 4. The van der Waals surface area contributed by atoms with E-state index in [4.69, 9.17) is 22.1 Å². The number of benzene rings is 2. The predicted molar refractivity (Wildman–Crippen MR) is 92.4 cm³/mol. The van der Waals surface area contributed by atoms with Gasteiger partial charge in [-0.2, -0.15) is 0 Å². The third kappa shape index (κ3) is 3.72. The van der Waals surface area contributed by atoms with Crippen LogP contribution in [-0.2, 0) is 10.0 Å². The molecule has 3 N–H and O–H groups in total. The summed E-state index contributed by atoms with van der Waals surface area (Å²) in [7, 11) is -2.40. The first kappa shape index (κ1) is 16.2. The molecule has 0 spiro atoms. The van der Waals surface area contributed by atoms with E-state index in [0.29, 0.717) is 20.0 Å². The van der Waals surface area contributed by atoms with Gasteiger partial charge in [0.2, 0.25) is 0 Å². The van der Waals surface area contributed by atoms with E-state index in [1.807, 2.05) is 22.6 Å². The van der Waals surface area contributed by atoms with E-state index in [1.54, 1.807) is 18.2 Å². The Morgan fingerprint density at radius 3 is 2.57 bits per heavy atom. The highest BCUT2D eigenvalue weighted by Crippen LogP contribution is 2.30. The zero-order chi connectivity index (χ0) is 15.6. The van der Waals surface area contributed by atoms with Crippen LogP contribution in [0.25, 0.3) is 0 Å². The largest absolute Gasteiger partial charge is 0.495 e. The first-order valence-corrected chi connectivity index (χ1v) is 8.69. The van der Waals surface area contributed by atoms with Crippen LogP contribution in [0.1, 0.15) is 0 Å². The molecule has 2 rings (SSSR count). The van der Waals surface area contributed by atoms with Crippen LogP contribution >= 0.6 is 34.2 Å². The SMILES string of the molecule is COc1cc(N)ccc1S(=O)(=O)Nc1ccc(Cl)cc1I. The molecule has 0 aromatic heterocycles. The molecule has 0 fully saturated rings. The van der Waals surface area contributed by atoms with Crippen LogP contribution < -0.4 is 15.2 Å². The fourth-order valence-corrected chi connectivity index (χ4v) is 4.10. The van der Waals surface area contributed by atoms with Gasteiger partial charge in [0, 0.05) is 20.3 Å². The lowest BCUT2D eigenvalue weighted by molar-refractivity contribution is 0.403. The van der Waals surface area contributed by atoms with Crippen LogP contribution in [-0.4, -0.2) is 15.5 Å². The molecule has 0 aliphatic carbocycles. The standard InChI is InChI=1S/C13H12ClIN2O3S/c1-20-12-7-9(16)3-5-13(12)21(18,19)17-11-4-2-8(14)6-10(11)15/h2-7,17H,16H2,1H3. The van der Waals surface area contributed by atoms with Gasteiger partial charge in [-0.05, 0) is 52.9 Å². The minimum Gasteiger partial charge on any atom is -0.495 e. The summed E-state index contributed by atoms with van der Waals surface area (Å²) < 4.78 is 33.2. The van der Waals surface area contributed by atoms with Gasteiger partial charge in [0.05, 0.1) is 12.8 Å². The molecule has 0 unspecified atom stereocenters. The van der Waals surface area contributed by atoms with Crippen molar-refractivity contribution in [2.75, 3.05) is 17.6 Å². The number of nitrogens with one attached hydrogen (secondary N) is 1. The summed E-state index contributed by atoms with van der Waals surface area (Å²) in [4.78, 5) is 0.0185. The van der Waals surface area contributed by atoms with E-state index in [-0.39, 0.29) is 10.6 Å². The van der Waals surface area contributed by atoms with Crippen molar-refractivity contribution in [2.24, 2.45) is 0 Å². The zero-order valence-corrected chi connectivity index (χ0v) is 14.7. The van der Waals surface area contributed by atoms with E-state index >= 15 is 0 Å². The lowest BCUT2D eigenvalue weighted by Crippen LogP contribution is -2.15. The third-order valence-corrected chi connectivity index (χ3v) is 5.19. The van der Waals surface area contributed by atoms with Gasteiger partial charge in [0.25, 0.3) is 10.0 Å². The van der Waals surface area contributed by atoms with Crippen molar-refractivity contribution >= 4 is 55.6 Å². The van der Waals surface area contributed by atoms with E-state index < -0.39 is 10.0 Å². The van der Waals surface area contributed by atoms with E-state index in [0.717, 1.165) is 0 Å². The number of sulfonamides is 1. The molecule has 2 aromatic rings. The number of ether oxygens (including phenoxy) is 1. The number of nitrogens with two attached hydrogens (primary N) is 1. The molecule has 2 aromatic carbocycles. The van der Waals surface area contributed by atoms with Crippen LogP contribution in [0.5, 0.6) is 5.75 Å². The van der Waals surface area contributed by atoms with Crippen LogP contribution in [0, 0.1) is 3.57 Å². The highest BCUT2D eigenvalue weighted by atomic mass is 127. The Hall–Kier alpha value is -1.19. The molecule has 0 bridgehead atoms. The molecule has 0 amide bonds. The van der Waals surface area contributed by atoms with Gasteiger partial charge in [-0.25, -0.2) is 8.42 Å². The second-order valence-corrected chi connectivity index (χ2v) is 7.39. The first-order valence-electron chi connectivity index (χ1n) is 5.75. The number of nitrogen functional groups attached to an aromatic ring is 1. The van der Waals surface area contributed by atoms with Gasteiger partial charge in [-0.1, -0.05) is 11.6 Å². The van der Waals surface area contributed by atoms with Crippen molar-refractivity contribution in [3.63, 3.8) is 0 Å². The zero-order valence-electron chi connectivity index (χ0n) is 10.9. The Labute approximate surface area is 141 Å². The van der Waals surface area contributed by atoms with Gasteiger partial charge >= 0.3 is 0 Å². The predicted octanol–water partition coefficient (Wildman–Crippen LogP) is 3.34. The van der Waals surface area contributed by atoms with Crippen molar-refractivity contribution in [3.05, 3.63) is 45.0 Å². The van der Waals surface area contributed by atoms with Crippen molar-refractivity contribution in [3.8, 4) is 5.75 Å². The van der Waals surface area contributed by atoms with Gasteiger partial charge in [0.15, 0.2) is 0 Å². The number of hydrogen-bond donors (Lipinski definition) is 2. The number of methoxy groups -OCH3 is 1.